The number of carbonyl (C=O) groups is 3. The van der Waals surface area contributed by atoms with Crippen molar-refractivity contribution >= 4 is 67.8 Å². The van der Waals surface area contributed by atoms with E-state index in [-0.39, 0.29) is 18.2 Å². The van der Waals surface area contributed by atoms with Crippen molar-refractivity contribution in [3.8, 4) is 5.75 Å². The van der Waals surface area contributed by atoms with Gasteiger partial charge in [0.05, 0.1) is 17.8 Å². The Morgan fingerprint density at radius 2 is 1.58 bits per heavy atom. The Labute approximate surface area is 226 Å². The van der Waals surface area contributed by atoms with E-state index in [0.29, 0.717) is 21.0 Å². The summed E-state index contributed by atoms with van der Waals surface area (Å²) in [7, 11) is 0. The number of rotatable bonds is 7. The van der Waals surface area contributed by atoms with E-state index in [1.54, 1.807) is 36.4 Å². The average Bonchev–Trinajstić information content (AvgIpc) is 3.29. The number of nitrogens with one attached hydrogen (secondary N) is 2. The topological polar surface area (TPSA) is 96.9 Å². The van der Waals surface area contributed by atoms with E-state index < -0.39 is 11.9 Å². The number of hydrazone groups is 1. The van der Waals surface area contributed by atoms with Crippen LogP contribution in [0.25, 0.3) is 20.9 Å². The number of amides is 2. The van der Waals surface area contributed by atoms with Crippen LogP contribution in [0.1, 0.15) is 25.6 Å². The van der Waals surface area contributed by atoms with Crippen LogP contribution in [0.5, 0.6) is 5.75 Å². The van der Waals surface area contributed by atoms with Crippen LogP contribution in [0.4, 0.5) is 0 Å². The van der Waals surface area contributed by atoms with Gasteiger partial charge in [-0.15, -0.1) is 11.3 Å². The second-order valence-corrected chi connectivity index (χ2v) is 9.60. The standard InChI is InChI=1S/C29H20ClN3O4S/c30-26-22-12-4-6-15-24(22)38-27(26)29(36)37-23-14-5-2-9-19(23)16-32-33-25(34)17-31-28(35)21-13-7-10-18-8-1-3-11-20(18)21/h1-16H,17H2,(H,31,35)(H,33,34)/b32-16+. The van der Waals surface area contributed by atoms with Gasteiger partial charge in [-0.25, -0.2) is 10.2 Å². The number of hydrogen-bond donors (Lipinski definition) is 2. The van der Waals surface area contributed by atoms with Gasteiger partial charge < -0.3 is 10.1 Å². The van der Waals surface area contributed by atoms with E-state index in [2.05, 4.69) is 15.8 Å². The highest BCUT2D eigenvalue weighted by atomic mass is 35.5. The fourth-order valence-electron chi connectivity index (χ4n) is 3.86. The number of thiophene rings is 1. The van der Waals surface area contributed by atoms with Gasteiger partial charge in [-0.1, -0.05) is 78.3 Å². The minimum Gasteiger partial charge on any atom is -0.422 e. The molecule has 0 bridgehead atoms. The zero-order valence-electron chi connectivity index (χ0n) is 19.8. The molecule has 188 valence electrons. The summed E-state index contributed by atoms with van der Waals surface area (Å²) >= 11 is 7.66. The highest BCUT2D eigenvalue weighted by Crippen LogP contribution is 2.36. The number of nitrogens with zero attached hydrogens (tertiary/aromatic N) is 1. The summed E-state index contributed by atoms with van der Waals surface area (Å²) < 4.78 is 6.47. The van der Waals surface area contributed by atoms with Crippen molar-refractivity contribution in [3.63, 3.8) is 0 Å². The third kappa shape index (κ3) is 5.41. The fourth-order valence-corrected chi connectivity index (χ4v) is 5.25. The molecular formula is C29H20ClN3O4S. The van der Waals surface area contributed by atoms with Crippen molar-refractivity contribution in [3.05, 3.63) is 112 Å². The summed E-state index contributed by atoms with van der Waals surface area (Å²) in [6.45, 7) is -0.263. The van der Waals surface area contributed by atoms with Crippen LogP contribution in [-0.2, 0) is 4.79 Å². The van der Waals surface area contributed by atoms with Crippen molar-refractivity contribution in [2.75, 3.05) is 6.54 Å². The summed E-state index contributed by atoms with van der Waals surface area (Å²) in [6.07, 6.45) is 1.36. The molecule has 0 unspecified atom stereocenters. The third-order valence-corrected chi connectivity index (χ3v) is 7.33. The highest BCUT2D eigenvalue weighted by Gasteiger charge is 2.20. The molecule has 5 rings (SSSR count). The quantitative estimate of drug-likeness (QED) is 0.118. The first-order valence-electron chi connectivity index (χ1n) is 11.6. The van der Waals surface area contributed by atoms with Gasteiger partial charge >= 0.3 is 5.97 Å². The molecule has 1 heterocycles. The molecule has 0 fully saturated rings. The molecule has 0 spiro atoms. The molecule has 38 heavy (non-hydrogen) atoms. The summed E-state index contributed by atoms with van der Waals surface area (Å²) in [6, 6.07) is 27.2. The van der Waals surface area contributed by atoms with E-state index in [0.717, 1.165) is 20.9 Å². The fraction of sp³-hybridized carbons (Fsp3) is 0.0345. The first-order chi connectivity index (χ1) is 18.5. The summed E-state index contributed by atoms with van der Waals surface area (Å²) in [5, 5.41) is 9.42. The monoisotopic (exact) mass is 541 g/mol. The molecule has 4 aromatic carbocycles. The maximum Gasteiger partial charge on any atom is 0.355 e. The molecule has 0 atom stereocenters. The molecule has 0 aliphatic carbocycles. The van der Waals surface area contributed by atoms with Gasteiger partial charge in [-0.2, -0.15) is 5.10 Å². The molecule has 2 amide bonds. The van der Waals surface area contributed by atoms with E-state index in [1.807, 2.05) is 54.6 Å². The second kappa shape index (κ2) is 11.2. The van der Waals surface area contributed by atoms with Crippen molar-refractivity contribution < 1.29 is 19.1 Å². The van der Waals surface area contributed by atoms with Crippen LogP contribution >= 0.6 is 22.9 Å². The molecule has 2 N–H and O–H groups in total. The summed E-state index contributed by atoms with van der Waals surface area (Å²) in [4.78, 5) is 38.0. The van der Waals surface area contributed by atoms with Crippen molar-refractivity contribution in [1.29, 1.82) is 0 Å². The Morgan fingerprint density at radius 3 is 2.42 bits per heavy atom. The Kier molecular flexibility index (Phi) is 7.44. The lowest BCUT2D eigenvalue weighted by molar-refractivity contribution is -0.120. The minimum atomic E-state index is -0.586. The second-order valence-electron chi connectivity index (χ2n) is 8.17. The number of hydrogen-bond acceptors (Lipinski definition) is 6. The molecule has 9 heteroatoms. The summed E-state index contributed by atoms with van der Waals surface area (Å²) in [5.74, 6) is -1.20. The van der Waals surface area contributed by atoms with Crippen molar-refractivity contribution in [2.45, 2.75) is 0 Å². The number of benzene rings is 4. The molecule has 0 radical (unpaired) electrons. The predicted molar refractivity (Wildman–Crippen MR) is 150 cm³/mol. The van der Waals surface area contributed by atoms with Crippen molar-refractivity contribution in [1.82, 2.24) is 10.7 Å². The molecule has 5 aromatic rings. The Hall–Kier alpha value is -4.53. The number of halogens is 1. The van der Waals surface area contributed by atoms with Crippen LogP contribution in [0.15, 0.2) is 96.1 Å². The SMILES string of the molecule is O=C(CNC(=O)c1cccc2ccccc12)N/N=C/c1ccccc1OC(=O)c1sc2ccccc2c1Cl. The van der Waals surface area contributed by atoms with E-state index in [4.69, 9.17) is 16.3 Å². The Morgan fingerprint density at radius 1 is 0.868 bits per heavy atom. The molecule has 7 nitrogen and oxygen atoms in total. The van der Waals surface area contributed by atoms with Crippen LogP contribution in [0.2, 0.25) is 5.02 Å². The number of esters is 1. The van der Waals surface area contributed by atoms with Gasteiger partial charge in [0, 0.05) is 21.2 Å². The minimum absolute atomic E-state index is 0.258. The molecular weight excluding hydrogens is 522 g/mol. The smallest absolute Gasteiger partial charge is 0.355 e. The van der Waals surface area contributed by atoms with Crippen molar-refractivity contribution in [2.24, 2.45) is 5.10 Å². The number of carbonyl (C=O) groups excluding carboxylic acids is 3. The van der Waals surface area contributed by atoms with E-state index in [1.165, 1.54) is 17.6 Å². The number of para-hydroxylation sites is 1. The number of ether oxygens (including phenoxy) is 1. The Bertz CT molecular complexity index is 1710. The van der Waals surface area contributed by atoms with E-state index >= 15 is 0 Å². The predicted octanol–water partition coefficient (Wildman–Crippen LogP) is 5.81. The van der Waals surface area contributed by atoms with Gasteiger partial charge in [-0.3, -0.25) is 9.59 Å². The normalized spacial score (nSPS) is 11.1. The van der Waals surface area contributed by atoms with Crippen LogP contribution in [0, 0.1) is 0 Å². The lowest BCUT2D eigenvalue weighted by Gasteiger charge is -2.08. The summed E-state index contributed by atoms with van der Waals surface area (Å²) in [5.41, 5.74) is 3.32. The average molecular weight is 542 g/mol. The molecule has 0 saturated carbocycles. The van der Waals surface area contributed by atoms with Gasteiger partial charge in [0.15, 0.2) is 0 Å². The largest absolute Gasteiger partial charge is 0.422 e. The third-order valence-electron chi connectivity index (χ3n) is 5.68. The van der Waals surface area contributed by atoms with Gasteiger partial charge in [-0.05, 0) is 35.0 Å². The van der Waals surface area contributed by atoms with Gasteiger partial charge in [0.25, 0.3) is 11.8 Å². The maximum atomic E-state index is 12.8. The van der Waals surface area contributed by atoms with Crippen LogP contribution < -0.4 is 15.5 Å². The zero-order valence-corrected chi connectivity index (χ0v) is 21.4. The maximum absolute atomic E-state index is 12.8. The number of fused-ring (bicyclic) bond motifs is 2. The molecule has 0 saturated heterocycles. The van der Waals surface area contributed by atoms with Crippen LogP contribution in [0.3, 0.4) is 0 Å². The first-order valence-corrected chi connectivity index (χ1v) is 12.8. The molecule has 0 aliphatic heterocycles. The molecule has 0 aliphatic rings. The lowest BCUT2D eigenvalue weighted by Crippen LogP contribution is -2.35. The van der Waals surface area contributed by atoms with E-state index in [9.17, 15) is 14.4 Å². The molecule has 1 aromatic heterocycles. The highest BCUT2D eigenvalue weighted by molar-refractivity contribution is 7.21. The Balaban J connectivity index is 1.20. The van der Waals surface area contributed by atoms with Gasteiger partial charge in [0.2, 0.25) is 0 Å². The van der Waals surface area contributed by atoms with Gasteiger partial charge in [0.1, 0.15) is 10.6 Å². The van der Waals surface area contributed by atoms with Crippen LogP contribution in [-0.4, -0.2) is 30.5 Å². The zero-order chi connectivity index (χ0) is 26.5. The first kappa shape index (κ1) is 25.1. The lowest BCUT2D eigenvalue weighted by atomic mass is 10.0.